The molecule has 1 fully saturated rings. The van der Waals surface area contributed by atoms with E-state index in [1.54, 1.807) is 13.8 Å². The van der Waals surface area contributed by atoms with Gasteiger partial charge in [0.15, 0.2) is 0 Å². The highest BCUT2D eigenvalue weighted by Crippen LogP contribution is 2.21. The van der Waals surface area contributed by atoms with E-state index in [2.05, 4.69) is 0 Å². The molecule has 5 nitrogen and oxygen atoms in total. The minimum Gasteiger partial charge on any atom is -0.396 e. The van der Waals surface area contributed by atoms with Gasteiger partial charge in [0.25, 0.3) is 0 Å². The van der Waals surface area contributed by atoms with Crippen molar-refractivity contribution in [2.24, 2.45) is 5.92 Å². The van der Waals surface area contributed by atoms with E-state index in [9.17, 15) is 13.5 Å². The third-order valence-corrected chi connectivity index (χ3v) is 4.77. The Kier molecular flexibility index (Phi) is 3.52. The average Bonchev–Trinajstić information content (AvgIpc) is 2.47. The molecule has 0 aromatic carbocycles. The molecule has 1 heterocycles. The Morgan fingerprint density at radius 3 is 2.36 bits per heavy atom. The third kappa shape index (κ3) is 2.08. The predicted octanol–water partition coefficient (Wildman–Crippen LogP) is -0.990. The van der Waals surface area contributed by atoms with Crippen molar-refractivity contribution in [1.29, 1.82) is 0 Å². The molecule has 0 spiro atoms. The molecule has 84 valence electrons. The predicted molar refractivity (Wildman–Crippen MR) is 52.2 cm³/mol. The Morgan fingerprint density at radius 2 is 2.00 bits per heavy atom. The van der Waals surface area contributed by atoms with Gasteiger partial charge < -0.3 is 10.2 Å². The quantitative estimate of drug-likeness (QED) is 0.644. The second-order valence-electron chi connectivity index (χ2n) is 3.92. The SMILES string of the molecule is CC(C)S(=O)(=O)N1CC(O)C(CO)C1. The summed E-state index contributed by atoms with van der Waals surface area (Å²) in [7, 11) is -3.29. The van der Waals surface area contributed by atoms with Crippen molar-refractivity contribution >= 4 is 10.0 Å². The Morgan fingerprint density at radius 1 is 1.43 bits per heavy atom. The minimum atomic E-state index is -3.29. The summed E-state index contributed by atoms with van der Waals surface area (Å²) in [5, 5.41) is 17.8. The van der Waals surface area contributed by atoms with Crippen LogP contribution in [0.3, 0.4) is 0 Å². The smallest absolute Gasteiger partial charge is 0.216 e. The van der Waals surface area contributed by atoms with Crippen LogP contribution in [0.2, 0.25) is 0 Å². The van der Waals surface area contributed by atoms with Crippen molar-refractivity contribution in [1.82, 2.24) is 4.31 Å². The summed E-state index contributed by atoms with van der Waals surface area (Å²) in [6.07, 6.45) is -0.742. The summed E-state index contributed by atoms with van der Waals surface area (Å²) in [6.45, 7) is 3.36. The van der Waals surface area contributed by atoms with Crippen molar-refractivity contribution in [2.75, 3.05) is 19.7 Å². The molecule has 0 radical (unpaired) electrons. The molecule has 2 N–H and O–H groups in total. The molecule has 1 aliphatic heterocycles. The van der Waals surface area contributed by atoms with Crippen LogP contribution in [0.1, 0.15) is 13.8 Å². The molecule has 2 unspecified atom stereocenters. The number of nitrogens with zero attached hydrogens (tertiary/aromatic N) is 1. The first-order chi connectivity index (χ1) is 6.39. The molecule has 0 aromatic heterocycles. The van der Waals surface area contributed by atoms with E-state index >= 15 is 0 Å². The molecular weight excluding hydrogens is 206 g/mol. The summed E-state index contributed by atoms with van der Waals surface area (Å²) in [5.74, 6) is -0.344. The molecule has 0 amide bonds. The second kappa shape index (κ2) is 4.14. The van der Waals surface area contributed by atoms with Gasteiger partial charge >= 0.3 is 0 Å². The Labute approximate surface area is 84.4 Å². The standard InChI is InChI=1S/C8H17NO4S/c1-6(2)14(12,13)9-3-7(5-10)8(11)4-9/h6-8,10-11H,3-5H2,1-2H3. The van der Waals surface area contributed by atoms with Crippen LogP contribution in [0.25, 0.3) is 0 Å². The monoisotopic (exact) mass is 223 g/mol. The van der Waals surface area contributed by atoms with Crippen LogP contribution in [-0.4, -0.2) is 54.0 Å². The van der Waals surface area contributed by atoms with Gasteiger partial charge in [0.05, 0.1) is 11.4 Å². The molecule has 1 rings (SSSR count). The van der Waals surface area contributed by atoms with E-state index in [-0.39, 0.29) is 25.6 Å². The van der Waals surface area contributed by atoms with E-state index in [0.717, 1.165) is 0 Å². The van der Waals surface area contributed by atoms with Crippen molar-refractivity contribution in [3.05, 3.63) is 0 Å². The van der Waals surface area contributed by atoms with Crippen molar-refractivity contribution in [2.45, 2.75) is 25.2 Å². The lowest BCUT2D eigenvalue weighted by molar-refractivity contribution is 0.104. The second-order valence-corrected chi connectivity index (χ2v) is 6.41. The van der Waals surface area contributed by atoms with Gasteiger partial charge in [-0.1, -0.05) is 0 Å². The van der Waals surface area contributed by atoms with Gasteiger partial charge in [0.2, 0.25) is 10.0 Å². The van der Waals surface area contributed by atoms with Crippen LogP contribution in [-0.2, 0) is 10.0 Å². The van der Waals surface area contributed by atoms with Gasteiger partial charge in [0, 0.05) is 25.6 Å². The van der Waals surface area contributed by atoms with Gasteiger partial charge in [-0.3, -0.25) is 0 Å². The highest BCUT2D eigenvalue weighted by atomic mass is 32.2. The van der Waals surface area contributed by atoms with E-state index in [0.29, 0.717) is 0 Å². The summed E-state index contributed by atoms with van der Waals surface area (Å²) in [5.41, 5.74) is 0. The van der Waals surface area contributed by atoms with Gasteiger partial charge in [-0.25, -0.2) is 8.42 Å². The summed E-state index contributed by atoms with van der Waals surface area (Å²) < 4.78 is 24.6. The first-order valence-electron chi connectivity index (χ1n) is 4.67. The molecule has 1 saturated heterocycles. The number of rotatable bonds is 3. The first-order valence-corrected chi connectivity index (χ1v) is 6.17. The number of aliphatic hydroxyl groups is 2. The number of hydrogen-bond acceptors (Lipinski definition) is 4. The Bertz CT molecular complexity index is 288. The minimum absolute atomic E-state index is 0.103. The largest absolute Gasteiger partial charge is 0.396 e. The maximum atomic E-state index is 11.7. The van der Waals surface area contributed by atoms with Crippen LogP contribution in [0.15, 0.2) is 0 Å². The molecule has 14 heavy (non-hydrogen) atoms. The molecule has 0 aromatic rings. The van der Waals surface area contributed by atoms with Crippen molar-refractivity contribution < 1.29 is 18.6 Å². The third-order valence-electron chi connectivity index (χ3n) is 2.56. The van der Waals surface area contributed by atoms with Gasteiger partial charge in [0.1, 0.15) is 0 Å². The fourth-order valence-corrected chi connectivity index (χ4v) is 2.86. The molecule has 0 saturated carbocycles. The highest BCUT2D eigenvalue weighted by Gasteiger charge is 2.38. The van der Waals surface area contributed by atoms with E-state index in [1.165, 1.54) is 4.31 Å². The zero-order valence-corrected chi connectivity index (χ0v) is 9.24. The van der Waals surface area contributed by atoms with Crippen molar-refractivity contribution in [3.8, 4) is 0 Å². The molecule has 0 aliphatic carbocycles. The zero-order valence-electron chi connectivity index (χ0n) is 8.42. The van der Waals surface area contributed by atoms with Gasteiger partial charge in [-0.15, -0.1) is 0 Å². The molecular formula is C8H17NO4S. The number of sulfonamides is 1. The van der Waals surface area contributed by atoms with Crippen LogP contribution in [0.4, 0.5) is 0 Å². The summed E-state index contributed by atoms with van der Waals surface area (Å²) in [4.78, 5) is 0. The first kappa shape index (κ1) is 11.9. The molecule has 0 bridgehead atoms. The summed E-state index contributed by atoms with van der Waals surface area (Å²) >= 11 is 0. The Hall–Kier alpha value is -0.170. The zero-order chi connectivity index (χ0) is 10.9. The number of hydrogen-bond donors (Lipinski definition) is 2. The Balaban J connectivity index is 2.75. The maximum absolute atomic E-state index is 11.7. The maximum Gasteiger partial charge on any atom is 0.216 e. The topological polar surface area (TPSA) is 77.8 Å². The number of aliphatic hydroxyl groups excluding tert-OH is 2. The molecule has 2 atom stereocenters. The van der Waals surface area contributed by atoms with Crippen LogP contribution < -0.4 is 0 Å². The summed E-state index contributed by atoms with van der Waals surface area (Å²) in [6, 6.07) is 0. The van der Waals surface area contributed by atoms with Crippen LogP contribution in [0, 0.1) is 5.92 Å². The fourth-order valence-electron chi connectivity index (χ4n) is 1.50. The van der Waals surface area contributed by atoms with Crippen LogP contribution in [0.5, 0.6) is 0 Å². The number of β-amino-alcohol motifs (C(OH)–C–C–N with tert-alkyl or cyclic N) is 1. The van der Waals surface area contributed by atoms with Gasteiger partial charge in [-0.2, -0.15) is 4.31 Å². The van der Waals surface area contributed by atoms with Crippen molar-refractivity contribution in [3.63, 3.8) is 0 Å². The molecule has 1 aliphatic rings. The molecule has 6 heteroatoms. The van der Waals surface area contributed by atoms with E-state index < -0.39 is 21.4 Å². The highest BCUT2D eigenvalue weighted by molar-refractivity contribution is 7.89. The average molecular weight is 223 g/mol. The van der Waals surface area contributed by atoms with E-state index in [1.807, 2.05) is 0 Å². The lowest BCUT2D eigenvalue weighted by Crippen LogP contribution is -2.35. The van der Waals surface area contributed by atoms with E-state index in [4.69, 9.17) is 5.11 Å². The van der Waals surface area contributed by atoms with Crippen LogP contribution >= 0.6 is 0 Å². The fraction of sp³-hybridized carbons (Fsp3) is 1.00. The van der Waals surface area contributed by atoms with Gasteiger partial charge in [-0.05, 0) is 13.8 Å². The lowest BCUT2D eigenvalue weighted by Gasteiger charge is -2.18. The lowest BCUT2D eigenvalue weighted by atomic mass is 10.1. The normalized spacial score (nSPS) is 30.1.